The number of ether oxygens (including phenoxy) is 1. The molecule has 0 amide bonds. The van der Waals surface area contributed by atoms with Gasteiger partial charge >= 0.3 is 6.18 Å². The van der Waals surface area contributed by atoms with Gasteiger partial charge in [0.15, 0.2) is 0 Å². The second-order valence-electron chi connectivity index (χ2n) is 9.19. The Labute approximate surface area is 190 Å². The number of nitrogens with zero attached hydrogens (tertiary/aromatic N) is 2. The van der Waals surface area contributed by atoms with E-state index in [1.807, 2.05) is 30.3 Å². The fourth-order valence-corrected chi connectivity index (χ4v) is 8.86. The Balaban J connectivity index is 1.50. The summed E-state index contributed by atoms with van der Waals surface area (Å²) >= 11 is 0. The van der Waals surface area contributed by atoms with Crippen molar-refractivity contribution in [3.8, 4) is 6.07 Å². The molecule has 2 saturated carbocycles. The molecule has 5 nitrogen and oxygen atoms in total. The standard InChI is InChI=1S/C24H23F3N2O3S/c25-24(26,27)21-11-20(9-7-18(21)12-28)29-13-22-17-6-8-19(10-17)23(22,33(29,30)31)15-32-14-16-4-2-1-3-5-16/h1-5,7,9,11,17,19,22H,6,8,10,13-15H2/t17-,19-,22-,23+/m0/s1. The first kappa shape index (κ1) is 22.2. The minimum Gasteiger partial charge on any atom is -0.375 e. The molecule has 4 atom stereocenters. The molecule has 0 aromatic heterocycles. The molecular weight excluding hydrogens is 453 g/mol. The minimum atomic E-state index is -4.75. The topological polar surface area (TPSA) is 70.4 Å². The Bertz CT molecular complexity index is 1210. The minimum absolute atomic E-state index is 0.0228. The van der Waals surface area contributed by atoms with E-state index in [-0.39, 0.29) is 43.2 Å². The number of nitriles is 1. The van der Waals surface area contributed by atoms with Crippen LogP contribution in [-0.4, -0.2) is 26.3 Å². The van der Waals surface area contributed by atoms with Crippen LogP contribution >= 0.6 is 0 Å². The van der Waals surface area contributed by atoms with Gasteiger partial charge < -0.3 is 4.74 Å². The molecule has 174 valence electrons. The Hall–Kier alpha value is -2.57. The van der Waals surface area contributed by atoms with E-state index >= 15 is 0 Å². The number of benzene rings is 2. The van der Waals surface area contributed by atoms with Crippen LogP contribution in [0.3, 0.4) is 0 Å². The van der Waals surface area contributed by atoms with E-state index in [2.05, 4.69) is 0 Å². The highest BCUT2D eigenvalue weighted by Crippen LogP contribution is 2.62. The lowest BCUT2D eigenvalue weighted by molar-refractivity contribution is -0.137. The highest BCUT2D eigenvalue weighted by atomic mass is 32.2. The molecule has 0 unspecified atom stereocenters. The molecule has 2 aromatic rings. The average Bonchev–Trinajstić information content (AvgIpc) is 3.44. The summed E-state index contributed by atoms with van der Waals surface area (Å²) in [4.78, 5) is 0. The van der Waals surface area contributed by atoms with Gasteiger partial charge in [0.25, 0.3) is 0 Å². The SMILES string of the molecule is N#Cc1ccc(N2C[C@H]3[C@H]4CC[C@@H](C4)[C@@]3(COCc3ccccc3)S2(=O)=O)cc1C(F)(F)F. The fourth-order valence-electron chi connectivity index (χ4n) is 6.18. The molecule has 33 heavy (non-hydrogen) atoms. The monoisotopic (exact) mass is 476 g/mol. The Kier molecular flexibility index (Phi) is 5.22. The van der Waals surface area contributed by atoms with Gasteiger partial charge in [-0.3, -0.25) is 4.31 Å². The molecule has 0 spiro atoms. The van der Waals surface area contributed by atoms with E-state index in [9.17, 15) is 21.6 Å². The van der Waals surface area contributed by atoms with Crippen LogP contribution < -0.4 is 4.31 Å². The van der Waals surface area contributed by atoms with Crippen LogP contribution in [0.15, 0.2) is 48.5 Å². The largest absolute Gasteiger partial charge is 0.417 e. The van der Waals surface area contributed by atoms with Crippen molar-refractivity contribution in [2.24, 2.45) is 17.8 Å². The quantitative estimate of drug-likeness (QED) is 0.626. The molecule has 2 aliphatic carbocycles. The van der Waals surface area contributed by atoms with Crippen molar-refractivity contribution in [1.29, 1.82) is 5.26 Å². The van der Waals surface area contributed by atoms with E-state index in [4.69, 9.17) is 10.00 Å². The van der Waals surface area contributed by atoms with Gasteiger partial charge in [-0.2, -0.15) is 18.4 Å². The van der Waals surface area contributed by atoms with Crippen molar-refractivity contribution in [2.75, 3.05) is 17.5 Å². The van der Waals surface area contributed by atoms with Crippen molar-refractivity contribution < 1.29 is 26.3 Å². The molecule has 2 aromatic carbocycles. The maximum absolute atomic E-state index is 13.9. The third-order valence-corrected chi connectivity index (χ3v) is 10.3. The molecule has 1 heterocycles. The molecule has 2 bridgehead atoms. The molecular formula is C24H23F3N2O3S. The van der Waals surface area contributed by atoms with Gasteiger partial charge in [-0.05, 0) is 54.9 Å². The van der Waals surface area contributed by atoms with E-state index in [0.29, 0.717) is 0 Å². The molecule has 0 radical (unpaired) electrons. The first-order valence-electron chi connectivity index (χ1n) is 10.9. The summed E-state index contributed by atoms with van der Waals surface area (Å²) in [6.07, 6.45) is -2.23. The van der Waals surface area contributed by atoms with Crippen molar-refractivity contribution in [2.45, 2.75) is 36.8 Å². The van der Waals surface area contributed by atoms with Gasteiger partial charge in [0, 0.05) is 12.5 Å². The van der Waals surface area contributed by atoms with Crippen LogP contribution in [-0.2, 0) is 27.5 Å². The number of sulfonamides is 1. The van der Waals surface area contributed by atoms with Crippen molar-refractivity contribution in [3.63, 3.8) is 0 Å². The highest BCUT2D eigenvalue weighted by molar-refractivity contribution is 7.94. The zero-order chi connectivity index (χ0) is 23.4. The third kappa shape index (κ3) is 3.34. The molecule has 0 N–H and O–H groups in total. The van der Waals surface area contributed by atoms with Gasteiger partial charge in [-0.1, -0.05) is 30.3 Å². The number of fused-ring (bicyclic) bond motifs is 5. The van der Waals surface area contributed by atoms with E-state index in [0.717, 1.165) is 41.3 Å². The maximum atomic E-state index is 13.9. The van der Waals surface area contributed by atoms with Crippen LogP contribution in [0.5, 0.6) is 0 Å². The van der Waals surface area contributed by atoms with Crippen molar-refractivity contribution >= 4 is 15.7 Å². The molecule has 1 aliphatic heterocycles. The normalized spacial score (nSPS) is 29.8. The number of alkyl halides is 3. The summed E-state index contributed by atoms with van der Waals surface area (Å²) in [5, 5.41) is 9.08. The summed E-state index contributed by atoms with van der Waals surface area (Å²) < 4.78 is 74.4. The first-order valence-corrected chi connectivity index (χ1v) is 12.4. The zero-order valence-corrected chi connectivity index (χ0v) is 18.6. The number of anilines is 1. The van der Waals surface area contributed by atoms with Crippen LogP contribution in [0.1, 0.15) is 36.0 Å². The number of hydrogen-bond acceptors (Lipinski definition) is 4. The van der Waals surface area contributed by atoms with Gasteiger partial charge in [0.05, 0.1) is 36.1 Å². The van der Waals surface area contributed by atoms with Crippen molar-refractivity contribution in [1.82, 2.24) is 0 Å². The number of halogens is 3. The van der Waals surface area contributed by atoms with E-state index < -0.39 is 32.1 Å². The lowest BCUT2D eigenvalue weighted by Crippen LogP contribution is -2.51. The third-order valence-electron chi connectivity index (χ3n) is 7.65. The Morgan fingerprint density at radius 1 is 1.15 bits per heavy atom. The molecule has 3 fully saturated rings. The van der Waals surface area contributed by atoms with Gasteiger partial charge in [0.1, 0.15) is 4.75 Å². The molecule has 5 rings (SSSR count). The highest BCUT2D eigenvalue weighted by Gasteiger charge is 2.70. The van der Waals surface area contributed by atoms with E-state index in [1.54, 1.807) is 6.07 Å². The summed E-state index contributed by atoms with van der Waals surface area (Å²) in [6.45, 7) is 0.438. The van der Waals surface area contributed by atoms with E-state index in [1.165, 1.54) is 6.07 Å². The fraction of sp³-hybridized carbons (Fsp3) is 0.458. The number of hydrogen-bond donors (Lipinski definition) is 0. The Morgan fingerprint density at radius 2 is 1.91 bits per heavy atom. The van der Waals surface area contributed by atoms with Gasteiger partial charge in [-0.15, -0.1) is 0 Å². The van der Waals surface area contributed by atoms with Crippen LogP contribution in [0.2, 0.25) is 0 Å². The number of rotatable bonds is 5. The Morgan fingerprint density at radius 3 is 2.61 bits per heavy atom. The lowest BCUT2D eigenvalue weighted by atomic mass is 9.79. The smallest absolute Gasteiger partial charge is 0.375 e. The average molecular weight is 477 g/mol. The predicted octanol–water partition coefficient (Wildman–Crippen LogP) is 4.73. The predicted molar refractivity (Wildman–Crippen MR) is 116 cm³/mol. The van der Waals surface area contributed by atoms with Crippen LogP contribution in [0, 0.1) is 29.1 Å². The molecule has 3 aliphatic rings. The summed E-state index contributed by atoms with van der Waals surface area (Å²) in [5.74, 6) is -0.0451. The zero-order valence-electron chi connectivity index (χ0n) is 17.8. The lowest BCUT2D eigenvalue weighted by Gasteiger charge is -2.36. The first-order chi connectivity index (χ1) is 15.7. The molecule has 9 heteroatoms. The molecule has 1 saturated heterocycles. The van der Waals surface area contributed by atoms with Crippen molar-refractivity contribution in [3.05, 3.63) is 65.2 Å². The van der Waals surface area contributed by atoms with Crippen LogP contribution in [0.4, 0.5) is 18.9 Å². The van der Waals surface area contributed by atoms with Gasteiger partial charge in [-0.25, -0.2) is 8.42 Å². The van der Waals surface area contributed by atoms with Gasteiger partial charge in [0.2, 0.25) is 10.0 Å². The second kappa shape index (κ2) is 7.74. The summed E-state index contributed by atoms with van der Waals surface area (Å²) in [6, 6.07) is 14.1. The summed E-state index contributed by atoms with van der Waals surface area (Å²) in [7, 11) is -3.99. The van der Waals surface area contributed by atoms with Crippen LogP contribution in [0.25, 0.3) is 0 Å². The second-order valence-corrected chi connectivity index (χ2v) is 11.3. The summed E-state index contributed by atoms with van der Waals surface area (Å²) in [5.41, 5.74) is -0.753. The maximum Gasteiger partial charge on any atom is 0.417 e.